The lowest BCUT2D eigenvalue weighted by Crippen LogP contribution is -2.47. The fraction of sp³-hybridized carbons (Fsp3) is 0.176. The van der Waals surface area contributed by atoms with Crippen LogP contribution in [0.25, 0.3) is 0 Å². The Morgan fingerprint density at radius 3 is 2.33 bits per heavy atom. The highest BCUT2D eigenvalue weighted by Gasteiger charge is 2.32. The molecule has 3 rings (SSSR count). The third kappa shape index (κ3) is 2.79. The van der Waals surface area contributed by atoms with Crippen molar-refractivity contribution in [3.05, 3.63) is 77.0 Å². The van der Waals surface area contributed by atoms with Crippen LogP contribution in [0.4, 0.5) is 0 Å². The lowest BCUT2D eigenvalue weighted by molar-refractivity contribution is -0.508. The summed E-state index contributed by atoms with van der Waals surface area (Å²) in [5.41, 5.74) is 2.14. The average molecular weight is 280 g/mol. The Bertz CT molecular complexity index is 666. The van der Waals surface area contributed by atoms with Crippen LogP contribution in [0.5, 0.6) is 0 Å². The first kappa shape index (κ1) is 13.4. The van der Waals surface area contributed by atoms with Gasteiger partial charge in [-0.3, -0.25) is 4.79 Å². The molecule has 0 bridgehead atoms. The number of hydrogen-bond acceptors (Lipinski definition) is 2. The molecule has 1 unspecified atom stereocenters. The van der Waals surface area contributed by atoms with Crippen LogP contribution in [0.2, 0.25) is 0 Å². The van der Waals surface area contributed by atoms with Gasteiger partial charge in [-0.15, -0.1) is 0 Å². The number of nitrogens with one attached hydrogen (secondary N) is 1. The van der Waals surface area contributed by atoms with Crippen molar-refractivity contribution in [2.24, 2.45) is 0 Å². The van der Waals surface area contributed by atoms with Crippen molar-refractivity contribution < 1.29 is 9.53 Å². The minimum absolute atomic E-state index is 0.265. The fourth-order valence-corrected chi connectivity index (χ4v) is 2.54. The molecule has 0 radical (unpaired) electrons. The maximum Gasteiger partial charge on any atom is 0.312 e. The van der Waals surface area contributed by atoms with Gasteiger partial charge in [-0.05, 0) is 5.56 Å². The van der Waals surface area contributed by atoms with Gasteiger partial charge in [-0.1, -0.05) is 60.7 Å². The molecule has 0 spiro atoms. The van der Waals surface area contributed by atoms with E-state index in [9.17, 15) is 10.0 Å². The lowest BCUT2D eigenvalue weighted by Gasteiger charge is -2.24. The Kier molecular flexibility index (Phi) is 3.69. The summed E-state index contributed by atoms with van der Waals surface area (Å²) in [5, 5.41) is 15.4. The number of benzene rings is 2. The Morgan fingerprint density at radius 1 is 1.05 bits per heavy atom. The second kappa shape index (κ2) is 5.79. The van der Waals surface area contributed by atoms with Gasteiger partial charge in [0.1, 0.15) is 0 Å². The van der Waals surface area contributed by atoms with Crippen LogP contribution in [-0.4, -0.2) is 22.9 Å². The van der Waals surface area contributed by atoms with Crippen LogP contribution in [-0.2, 0) is 11.2 Å². The maximum absolute atomic E-state index is 12.6. The molecule has 2 aromatic rings. The molecule has 0 saturated heterocycles. The number of carbonyl (C=O) groups is 1. The molecule has 1 aliphatic rings. The molecule has 0 aromatic heterocycles. The van der Waals surface area contributed by atoms with Gasteiger partial charge in [0.05, 0.1) is 13.0 Å². The van der Waals surface area contributed by atoms with Crippen LogP contribution in [0.3, 0.4) is 0 Å². The number of amides is 1. The average Bonchev–Trinajstić information content (AvgIpc) is 2.53. The van der Waals surface area contributed by atoms with Crippen LogP contribution in [0.1, 0.15) is 17.2 Å². The predicted octanol–water partition coefficient (Wildman–Crippen LogP) is 2.05. The summed E-state index contributed by atoms with van der Waals surface area (Å²) in [5.74, 6) is -0.277. The van der Waals surface area contributed by atoms with E-state index in [1.165, 1.54) is 0 Å². The van der Waals surface area contributed by atoms with E-state index in [-0.39, 0.29) is 17.7 Å². The summed E-state index contributed by atoms with van der Waals surface area (Å²) in [6, 6.07) is 18.7. The largest absolute Gasteiger partial charge is 0.623 e. The minimum Gasteiger partial charge on any atom is -0.623 e. The van der Waals surface area contributed by atoms with E-state index >= 15 is 0 Å². The third-order valence-electron chi connectivity index (χ3n) is 3.67. The summed E-state index contributed by atoms with van der Waals surface area (Å²) < 4.78 is 0.862. The van der Waals surface area contributed by atoms with Crippen LogP contribution < -0.4 is 5.32 Å². The minimum atomic E-state index is -0.359. The summed E-state index contributed by atoms with van der Waals surface area (Å²) in [6.07, 6.45) is 0.347. The Labute approximate surface area is 123 Å². The molecule has 106 valence electrons. The topological polar surface area (TPSA) is 55.2 Å². The first-order valence-electron chi connectivity index (χ1n) is 6.95. The van der Waals surface area contributed by atoms with Crippen LogP contribution in [0, 0.1) is 5.21 Å². The third-order valence-corrected chi connectivity index (χ3v) is 3.67. The Morgan fingerprint density at radius 2 is 1.67 bits per heavy atom. The van der Waals surface area contributed by atoms with Crippen molar-refractivity contribution in [1.82, 2.24) is 5.32 Å². The number of carbonyl (C=O) groups excluding carboxylic acids is 1. The highest BCUT2D eigenvalue weighted by Crippen LogP contribution is 2.19. The summed E-state index contributed by atoms with van der Waals surface area (Å²) in [4.78, 5) is 12.0. The summed E-state index contributed by atoms with van der Waals surface area (Å²) in [6.45, 7) is 0.338. The Hall–Kier alpha value is -2.62. The fourth-order valence-electron chi connectivity index (χ4n) is 2.54. The second-order valence-corrected chi connectivity index (χ2v) is 5.07. The van der Waals surface area contributed by atoms with Gasteiger partial charge in [0.15, 0.2) is 0 Å². The molecule has 4 heteroatoms. The predicted molar refractivity (Wildman–Crippen MR) is 81.0 cm³/mol. The van der Waals surface area contributed by atoms with Crippen molar-refractivity contribution in [1.29, 1.82) is 0 Å². The zero-order valence-corrected chi connectivity index (χ0v) is 11.5. The molecule has 1 aliphatic heterocycles. The van der Waals surface area contributed by atoms with Crippen molar-refractivity contribution in [2.45, 2.75) is 12.5 Å². The molecule has 1 atom stereocenters. The standard InChI is InChI=1S/C17H16N2O2/c20-17-15(11-13-7-3-1-4-8-13)19(21)16(12-18-17)14-9-5-2-6-10-14/h1-10,16H,11-12H2,(H,18,20). The van der Waals surface area contributed by atoms with Gasteiger partial charge in [0.25, 0.3) is 5.71 Å². The number of hydroxylamine groups is 1. The van der Waals surface area contributed by atoms with Gasteiger partial charge >= 0.3 is 5.91 Å². The van der Waals surface area contributed by atoms with E-state index in [2.05, 4.69) is 5.32 Å². The van der Waals surface area contributed by atoms with E-state index in [1.807, 2.05) is 60.7 Å². The molecule has 2 aromatic carbocycles. The number of rotatable bonds is 3. The molecule has 0 saturated carbocycles. The monoisotopic (exact) mass is 280 g/mol. The molecule has 1 amide bonds. The highest BCUT2D eigenvalue weighted by molar-refractivity contribution is 6.37. The molecule has 1 heterocycles. The lowest BCUT2D eigenvalue weighted by atomic mass is 10.0. The van der Waals surface area contributed by atoms with E-state index in [4.69, 9.17) is 0 Å². The van der Waals surface area contributed by atoms with Gasteiger partial charge < -0.3 is 10.5 Å². The molecular formula is C17H16N2O2. The number of hydrogen-bond donors (Lipinski definition) is 1. The van der Waals surface area contributed by atoms with E-state index in [0.717, 1.165) is 15.9 Å². The molecule has 1 N–H and O–H groups in total. The summed E-state index contributed by atoms with van der Waals surface area (Å²) >= 11 is 0. The van der Waals surface area contributed by atoms with Gasteiger partial charge in [0, 0.05) is 5.56 Å². The van der Waals surface area contributed by atoms with E-state index < -0.39 is 0 Å². The first-order chi connectivity index (χ1) is 10.3. The van der Waals surface area contributed by atoms with E-state index in [0.29, 0.717) is 13.0 Å². The smallest absolute Gasteiger partial charge is 0.312 e. The molecule has 21 heavy (non-hydrogen) atoms. The first-order valence-corrected chi connectivity index (χ1v) is 6.95. The quantitative estimate of drug-likeness (QED) is 0.691. The SMILES string of the molecule is O=C1NCC(c2ccccc2)[N+]([O-])=C1Cc1ccccc1. The molecular weight excluding hydrogens is 264 g/mol. The highest BCUT2D eigenvalue weighted by atomic mass is 16.5. The van der Waals surface area contributed by atoms with Gasteiger partial charge in [0.2, 0.25) is 6.04 Å². The van der Waals surface area contributed by atoms with Gasteiger partial charge in [-0.2, -0.15) is 4.74 Å². The van der Waals surface area contributed by atoms with Crippen molar-refractivity contribution >= 4 is 11.6 Å². The van der Waals surface area contributed by atoms with Gasteiger partial charge in [-0.25, -0.2) is 0 Å². The normalized spacial score (nSPS) is 18.5. The Balaban J connectivity index is 1.94. The summed E-state index contributed by atoms with van der Waals surface area (Å²) in [7, 11) is 0. The zero-order chi connectivity index (χ0) is 14.7. The maximum atomic E-state index is 12.6. The second-order valence-electron chi connectivity index (χ2n) is 5.07. The molecule has 4 nitrogen and oxygen atoms in total. The number of nitrogens with zero attached hydrogens (tertiary/aromatic N) is 1. The molecule has 0 aliphatic carbocycles. The van der Waals surface area contributed by atoms with Crippen molar-refractivity contribution in [3.63, 3.8) is 0 Å². The van der Waals surface area contributed by atoms with Crippen LogP contribution >= 0.6 is 0 Å². The van der Waals surface area contributed by atoms with E-state index in [1.54, 1.807) is 0 Å². The van der Waals surface area contributed by atoms with Crippen molar-refractivity contribution in [3.8, 4) is 0 Å². The van der Waals surface area contributed by atoms with Crippen LogP contribution in [0.15, 0.2) is 60.7 Å². The van der Waals surface area contributed by atoms with Crippen molar-refractivity contribution in [2.75, 3.05) is 6.54 Å². The zero-order valence-electron chi connectivity index (χ0n) is 11.5. The molecule has 0 fully saturated rings.